The van der Waals surface area contributed by atoms with Crippen LogP contribution in [-0.2, 0) is 15.7 Å². The second-order valence-corrected chi connectivity index (χ2v) is 7.05. The monoisotopic (exact) mass is 487 g/mol. The van der Waals surface area contributed by atoms with Gasteiger partial charge in [0.25, 0.3) is 5.69 Å². The van der Waals surface area contributed by atoms with Crippen LogP contribution in [0.4, 0.5) is 18.9 Å². The van der Waals surface area contributed by atoms with Crippen molar-refractivity contribution in [3.8, 4) is 11.5 Å². The summed E-state index contributed by atoms with van der Waals surface area (Å²) in [7, 11) is 0. The molecule has 0 bridgehead atoms. The number of alkyl halides is 3. The van der Waals surface area contributed by atoms with Crippen LogP contribution in [0.25, 0.3) is 0 Å². The lowest BCUT2D eigenvalue weighted by molar-refractivity contribution is -0.386. The Labute approximate surface area is 190 Å². The Balaban J connectivity index is 2.67. The minimum absolute atomic E-state index is 0.246. The van der Waals surface area contributed by atoms with Gasteiger partial charge >= 0.3 is 12.1 Å². The summed E-state index contributed by atoms with van der Waals surface area (Å²) >= 11 is 5.88. The molecule has 2 aromatic carbocycles. The molecule has 0 heterocycles. The number of carboxylic acids is 1. The van der Waals surface area contributed by atoms with Gasteiger partial charge in [-0.2, -0.15) is 13.2 Å². The minimum Gasteiger partial charge on any atom is -0.502 e. The fraction of sp³-hybridized carbons (Fsp3) is 0.238. The summed E-state index contributed by atoms with van der Waals surface area (Å²) in [5, 5.41) is 20.7. The number of carbonyl (C=O) groups excluding carboxylic acids is 1. The number of hydrogen-bond acceptors (Lipinski definition) is 6. The number of allylic oxidation sites excluding steroid dienone is 1. The molecule has 0 amide bonds. The van der Waals surface area contributed by atoms with Gasteiger partial charge in [0, 0.05) is 11.6 Å². The molecule has 0 aliphatic carbocycles. The molecule has 0 saturated carbocycles. The van der Waals surface area contributed by atoms with E-state index in [1.54, 1.807) is 6.92 Å². The zero-order chi connectivity index (χ0) is 24.9. The van der Waals surface area contributed by atoms with Crippen molar-refractivity contribution in [2.24, 2.45) is 0 Å². The second-order valence-electron chi connectivity index (χ2n) is 6.65. The van der Waals surface area contributed by atoms with Gasteiger partial charge in [-0.1, -0.05) is 11.6 Å². The Morgan fingerprint density at radius 3 is 2.45 bits per heavy atom. The van der Waals surface area contributed by atoms with E-state index in [0.29, 0.717) is 18.4 Å². The van der Waals surface area contributed by atoms with Gasteiger partial charge in [0.2, 0.25) is 0 Å². The third kappa shape index (κ3) is 6.01. The van der Waals surface area contributed by atoms with Crippen LogP contribution < -0.4 is 4.74 Å². The largest absolute Gasteiger partial charge is 0.502 e. The van der Waals surface area contributed by atoms with E-state index in [1.807, 2.05) is 0 Å². The first-order chi connectivity index (χ1) is 15.4. The Bertz CT molecular complexity index is 1120. The number of nitrogens with zero attached hydrogens (tertiary/aromatic N) is 1. The number of nitro benzene ring substituents is 1. The first-order valence-electron chi connectivity index (χ1n) is 9.24. The molecule has 12 heteroatoms. The molecule has 0 spiro atoms. The van der Waals surface area contributed by atoms with Gasteiger partial charge in [0.05, 0.1) is 34.3 Å². The fourth-order valence-corrected chi connectivity index (χ4v) is 3.11. The van der Waals surface area contributed by atoms with Crippen LogP contribution in [0, 0.1) is 10.1 Å². The van der Waals surface area contributed by atoms with Crippen LogP contribution in [0.2, 0.25) is 5.02 Å². The number of nitro groups is 1. The smallest absolute Gasteiger partial charge is 0.416 e. The van der Waals surface area contributed by atoms with Crippen molar-refractivity contribution in [2.75, 3.05) is 6.61 Å². The van der Waals surface area contributed by atoms with Gasteiger partial charge in [-0.15, -0.1) is 0 Å². The molecule has 1 N–H and O–H groups in total. The molecule has 0 aliphatic heterocycles. The van der Waals surface area contributed by atoms with E-state index in [9.17, 15) is 38.0 Å². The van der Waals surface area contributed by atoms with Gasteiger partial charge in [-0.3, -0.25) is 10.1 Å². The van der Waals surface area contributed by atoms with E-state index < -0.39 is 44.8 Å². The summed E-state index contributed by atoms with van der Waals surface area (Å²) in [5.74, 6) is -3.49. The molecule has 0 fully saturated rings. The van der Waals surface area contributed by atoms with E-state index >= 15 is 0 Å². The number of benzene rings is 2. The fourth-order valence-electron chi connectivity index (χ4n) is 2.89. The minimum atomic E-state index is -4.65. The normalized spacial score (nSPS) is 12.7. The number of carboxylic acid groups (broad SMARTS) is 1. The van der Waals surface area contributed by atoms with Gasteiger partial charge < -0.3 is 19.4 Å². The second kappa shape index (κ2) is 10.3. The van der Waals surface area contributed by atoms with E-state index in [1.165, 1.54) is 13.2 Å². The summed E-state index contributed by atoms with van der Waals surface area (Å²) in [4.78, 5) is 34.2. The first-order valence-corrected chi connectivity index (χ1v) is 9.62. The van der Waals surface area contributed by atoms with Crippen molar-refractivity contribution in [1.29, 1.82) is 0 Å². The maximum atomic E-state index is 12.9. The molecule has 176 valence electrons. The topological polar surface area (TPSA) is 116 Å². The van der Waals surface area contributed by atoms with Crippen LogP contribution in [0.3, 0.4) is 0 Å². The zero-order valence-electron chi connectivity index (χ0n) is 17.2. The van der Waals surface area contributed by atoms with E-state index in [0.717, 1.165) is 18.2 Å². The summed E-state index contributed by atoms with van der Waals surface area (Å²) in [6.45, 7) is 3.38. The summed E-state index contributed by atoms with van der Waals surface area (Å²) in [6, 6.07) is 4.12. The number of ether oxygens (including phenoxy) is 2. The Morgan fingerprint density at radius 1 is 1.30 bits per heavy atom. The zero-order valence-corrected chi connectivity index (χ0v) is 17.9. The number of halogens is 4. The van der Waals surface area contributed by atoms with Gasteiger partial charge in [0.15, 0.2) is 0 Å². The van der Waals surface area contributed by atoms with Crippen molar-refractivity contribution in [3.63, 3.8) is 0 Å². The molecule has 33 heavy (non-hydrogen) atoms. The standard InChI is InChI=1S/C21H17ClF3NO7/c1-3-32-10-11(2)16(9-27)14-7-13(8-15(20(28)29)19(14)26(30)31)33-18-5-4-12(6-17(18)22)21(23,24)25/h4-10,16H,3H2,1-2H3,(H,28,29). The van der Waals surface area contributed by atoms with Crippen molar-refractivity contribution < 1.29 is 42.3 Å². The summed E-state index contributed by atoms with van der Waals surface area (Å²) in [6.07, 6.45) is -3.07. The van der Waals surface area contributed by atoms with Crippen molar-refractivity contribution >= 4 is 29.5 Å². The van der Waals surface area contributed by atoms with Crippen LogP contribution in [0.5, 0.6) is 11.5 Å². The highest BCUT2D eigenvalue weighted by atomic mass is 35.5. The number of hydrogen-bond donors (Lipinski definition) is 1. The third-order valence-electron chi connectivity index (χ3n) is 4.41. The van der Waals surface area contributed by atoms with Crippen LogP contribution >= 0.6 is 11.6 Å². The molecular weight excluding hydrogens is 471 g/mol. The molecule has 0 saturated heterocycles. The van der Waals surface area contributed by atoms with Gasteiger partial charge in [0.1, 0.15) is 23.3 Å². The van der Waals surface area contributed by atoms with E-state index in [-0.39, 0.29) is 29.2 Å². The van der Waals surface area contributed by atoms with Crippen LogP contribution in [0.1, 0.15) is 41.3 Å². The number of aldehydes is 1. The molecular formula is C21H17ClF3NO7. The Hall–Kier alpha value is -3.60. The van der Waals surface area contributed by atoms with Crippen LogP contribution in [0.15, 0.2) is 42.2 Å². The molecule has 0 aromatic heterocycles. The lowest BCUT2D eigenvalue weighted by atomic mass is 9.90. The highest BCUT2D eigenvalue weighted by Crippen LogP contribution is 2.40. The summed E-state index contributed by atoms with van der Waals surface area (Å²) in [5.41, 5.74) is -2.72. The average Bonchev–Trinajstić information content (AvgIpc) is 2.72. The molecule has 2 rings (SSSR count). The quantitative estimate of drug-likeness (QED) is 0.200. The predicted molar refractivity (Wildman–Crippen MR) is 111 cm³/mol. The Kier molecular flexibility index (Phi) is 8.04. The lowest BCUT2D eigenvalue weighted by Gasteiger charge is -2.16. The van der Waals surface area contributed by atoms with E-state index in [4.69, 9.17) is 21.1 Å². The molecule has 0 aliphatic rings. The SMILES string of the molecule is CCOC=C(C)C(C=O)c1cc(Oc2ccc(C(F)(F)F)cc2Cl)cc(C(=O)O)c1[N+](=O)[O-]. The Morgan fingerprint density at radius 2 is 1.97 bits per heavy atom. The number of carbonyl (C=O) groups is 2. The van der Waals surface area contributed by atoms with Crippen molar-refractivity contribution in [3.05, 3.63) is 74.0 Å². The number of rotatable bonds is 9. The van der Waals surface area contributed by atoms with Crippen molar-refractivity contribution in [1.82, 2.24) is 0 Å². The highest BCUT2D eigenvalue weighted by molar-refractivity contribution is 6.32. The average molecular weight is 488 g/mol. The third-order valence-corrected chi connectivity index (χ3v) is 4.71. The van der Waals surface area contributed by atoms with Crippen molar-refractivity contribution in [2.45, 2.75) is 25.9 Å². The lowest BCUT2D eigenvalue weighted by Crippen LogP contribution is -2.11. The molecule has 2 aromatic rings. The molecule has 1 atom stereocenters. The molecule has 0 radical (unpaired) electrons. The highest BCUT2D eigenvalue weighted by Gasteiger charge is 2.33. The summed E-state index contributed by atoms with van der Waals surface area (Å²) < 4.78 is 49.1. The van der Waals surface area contributed by atoms with Crippen LogP contribution in [-0.4, -0.2) is 28.9 Å². The molecule has 1 unspecified atom stereocenters. The van der Waals surface area contributed by atoms with Gasteiger partial charge in [-0.05, 0) is 43.7 Å². The predicted octanol–water partition coefficient (Wildman–Crippen LogP) is 5.98. The first kappa shape index (κ1) is 25.7. The number of aromatic carboxylic acids is 1. The maximum absolute atomic E-state index is 12.9. The van der Waals surface area contributed by atoms with Gasteiger partial charge in [-0.25, -0.2) is 4.79 Å². The maximum Gasteiger partial charge on any atom is 0.416 e. The molecule has 8 nitrogen and oxygen atoms in total. The van der Waals surface area contributed by atoms with E-state index in [2.05, 4.69) is 0 Å².